The van der Waals surface area contributed by atoms with Gasteiger partial charge < -0.3 is 0 Å². The summed E-state index contributed by atoms with van der Waals surface area (Å²) in [4.78, 5) is 0. The first-order valence-corrected chi connectivity index (χ1v) is 2.69. The van der Waals surface area contributed by atoms with Crippen LogP contribution in [0.25, 0.3) is 0 Å². The zero-order valence-corrected chi connectivity index (χ0v) is 6.13. The second-order valence-electron chi connectivity index (χ2n) is 1.71. The van der Waals surface area contributed by atoms with Crippen molar-refractivity contribution in [2.75, 3.05) is 0 Å². The fraction of sp³-hybridized carbons (Fsp3) is 0.429. The van der Waals surface area contributed by atoms with E-state index in [2.05, 4.69) is 19.1 Å². The molecule has 0 unspecified atom stereocenters. The number of allylic oxidation sites excluding steroid dienone is 4. The van der Waals surface area contributed by atoms with Crippen molar-refractivity contribution in [1.29, 1.82) is 0 Å². The van der Waals surface area contributed by atoms with Gasteiger partial charge in [0.25, 0.3) is 0 Å². The summed E-state index contributed by atoms with van der Waals surface area (Å²) in [6.07, 6.45) is 9.57. The van der Waals surface area contributed by atoms with Crippen molar-refractivity contribution in [3.05, 3.63) is 23.8 Å². The Bertz CT molecular complexity index is 112. The van der Waals surface area contributed by atoms with Crippen molar-refractivity contribution in [3.8, 4) is 0 Å². The molecular weight excluding hydrogens is 139 g/mol. The van der Waals surface area contributed by atoms with Gasteiger partial charge in [0.1, 0.15) is 0 Å². The molecule has 45 valence electrons. The standard InChI is InChI=1S/C7H9.Mn/c1-2-7-5-3-4-6-7;/h3-4H,2,5H2,1H3;/q-1;. The summed E-state index contributed by atoms with van der Waals surface area (Å²) in [7, 11) is 0. The average molecular weight is 148 g/mol. The Labute approximate surface area is 61.1 Å². The van der Waals surface area contributed by atoms with Crippen LogP contribution in [0.3, 0.4) is 0 Å². The van der Waals surface area contributed by atoms with Gasteiger partial charge in [-0.15, -0.1) is 0 Å². The van der Waals surface area contributed by atoms with Crippen LogP contribution in [0.1, 0.15) is 19.8 Å². The molecule has 0 atom stereocenters. The first-order valence-electron chi connectivity index (χ1n) is 2.69. The molecule has 1 aliphatic carbocycles. The molecule has 0 fully saturated rings. The van der Waals surface area contributed by atoms with E-state index < -0.39 is 0 Å². The Morgan fingerprint density at radius 2 is 2.50 bits per heavy atom. The van der Waals surface area contributed by atoms with E-state index in [1.807, 2.05) is 6.08 Å². The van der Waals surface area contributed by atoms with Crippen LogP contribution in [0.2, 0.25) is 0 Å². The molecule has 0 amide bonds. The summed E-state index contributed by atoms with van der Waals surface area (Å²) in [5, 5.41) is 0. The van der Waals surface area contributed by atoms with E-state index in [-0.39, 0.29) is 17.1 Å². The van der Waals surface area contributed by atoms with Crippen molar-refractivity contribution in [2.24, 2.45) is 0 Å². The van der Waals surface area contributed by atoms with Crippen molar-refractivity contribution < 1.29 is 17.1 Å². The van der Waals surface area contributed by atoms with Crippen LogP contribution in [0, 0.1) is 6.08 Å². The summed E-state index contributed by atoms with van der Waals surface area (Å²) in [6, 6.07) is 0. The molecule has 0 bridgehead atoms. The summed E-state index contributed by atoms with van der Waals surface area (Å²) in [6.45, 7) is 2.16. The normalized spacial score (nSPS) is 15.4. The van der Waals surface area contributed by atoms with E-state index in [1.165, 1.54) is 5.57 Å². The summed E-state index contributed by atoms with van der Waals surface area (Å²) >= 11 is 0. The minimum atomic E-state index is 0. The Morgan fingerprint density at radius 1 is 1.75 bits per heavy atom. The van der Waals surface area contributed by atoms with Crippen molar-refractivity contribution in [3.63, 3.8) is 0 Å². The predicted octanol–water partition coefficient (Wildman–Crippen LogP) is 2.08. The summed E-state index contributed by atoms with van der Waals surface area (Å²) in [5.74, 6) is 0. The van der Waals surface area contributed by atoms with Crippen LogP contribution < -0.4 is 0 Å². The molecule has 1 rings (SSSR count). The smallest absolute Gasteiger partial charge is 0 e. The van der Waals surface area contributed by atoms with Gasteiger partial charge in [0, 0.05) is 17.1 Å². The molecule has 0 aliphatic heterocycles. The summed E-state index contributed by atoms with van der Waals surface area (Å²) < 4.78 is 0. The van der Waals surface area contributed by atoms with Crippen LogP contribution in [-0.4, -0.2) is 0 Å². The van der Waals surface area contributed by atoms with Gasteiger partial charge in [0.05, 0.1) is 0 Å². The van der Waals surface area contributed by atoms with Crippen molar-refractivity contribution in [1.82, 2.24) is 0 Å². The predicted molar refractivity (Wildman–Crippen MR) is 30.8 cm³/mol. The van der Waals surface area contributed by atoms with Crippen LogP contribution in [-0.2, 0) is 17.1 Å². The molecule has 8 heavy (non-hydrogen) atoms. The molecule has 1 heteroatoms. The molecule has 0 spiro atoms. The van der Waals surface area contributed by atoms with Gasteiger partial charge in [-0.2, -0.15) is 5.57 Å². The van der Waals surface area contributed by atoms with Gasteiger partial charge >= 0.3 is 0 Å². The van der Waals surface area contributed by atoms with Crippen molar-refractivity contribution >= 4 is 0 Å². The maximum Gasteiger partial charge on any atom is 0 e. The molecule has 0 nitrogen and oxygen atoms in total. The minimum Gasteiger partial charge on any atom is -0.253 e. The SMILES string of the molecule is CCC1=[C-]C=CC1.[Mn]. The van der Waals surface area contributed by atoms with E-state index in [1.54, 1.807) is 0 Å². The van der Waals surface area contributed by atoms with Gasteiger partial charge in [0.2, 0.25) is 0 Å². The topological polar surface area (TPSA) is 0 Å². The molecule has 0 aromatic rings. The first kappa shape index (κ1) is 8.00. The van der Waals surface area contributed by atoms with Gasteiger partial charge in [-0.25, -0.2) is 12.2 Å². The van der Waals surface area contributed by atoms with Gasteiger partial charge in [-0.05, 0) is 0 Å². The number of hydrogen-bond donors (Lipinski definition) is 0. The zero-order valence-electron chi connectivity index (χ0n) is 4.95. The third-order valence-corrected chi connectivity index (χ3v) is 1.20. The maximum absolute atomic E-state index is 3.14. The van der Waals surface area contributed by atoms with Crippen LogP contribution >= 0.6 is 0 Å². The Kier molecular flexibility index (Phi) is 3.94. The molecule has 0 heterocycles. The zero-order chi connectivity index (χ0) is 5.11. The van der Waals surface area contributed by atoms with Crippen LogP contribution in [0.4, 0.5) is 0 Å². The second kappa shape index (κ2) is 3.94. The fourth-order valence-electron chi connectivity index (χ4n) is 0.683. The van der Waals surface area contributed by atoms with Gasteiger partial charge in [-0.1, -0.05) is 19.8 Å². The monoisotopic (exact) mass is 148 g/mol. The molecule has 0 saturated heterocycles. The number of hydrogen-bond acceptors (Lipinski definition) is 0. The van der Waals surface area contributed by atoms with Crippen molar-refractivity contribution in [2.45, 2.75) is 19.8 Å². The largest absolute Gasteiger partial charge is 0.253 e. The van der Waals surface area contributed by atoms with E-state index in [9.17, 15) is 0 Å². The second-order valence-corrected chi connectivity index (χ2v) is 1.71. The van der Waals surface area contributed by atoms with Crippen LogP contribution in [0.15, 0.2) is 17.7 Å². The molecule has 0 aromatic carbocycles. The molecule has 1 radical (unpaired) electrons. The Morgan fingerprint density at radius 3 is 2.75 bits per heavy atom. The molecule has 0 aromatic heterocycles. The van der Waals surface area contributed by atoms with E-state index in [0.29, 0.717) is 0 Å². The maximum atomic E-state index is 3.14. The van der Waals surface area contributed by atoms with E-state index in [4.69, 9.17) is 0 Å². The summed E-state index contributed by atoms with van der Waals surface area (Å²) in [5.41, 5.74) is 1.43. The minimum absolute atomic E-state index is 0. The quantitative estimate of drug-likeness (QED) is 0.394. The Hall–Kier alpha value is -0.000519. The molecule has 0 saturated carbocycles. The van der Waals surface area contributed by atoms with Crippen LogP contribution in [0.5, 0.6) is 0 Å². The average Bonchev–Trinajstić information content (AvgIpc) is 2.14. The molecule has 1 aliphatic rings. The van der Waals surface area contributed by atoms with E-state index in [0.717, 1.165) is 12.8 Å². The fourth-order valence-corrected chi connectivity index (χ4v) is 0.683. The third kappa shape index (κ3) is 1.85. The molecular formula is C7H9Mn-. The molecule has 0 N–H and O–H groups in total. The number of rotatable bonds is 1. The first-order chi connectivity index (χ1) is 3.43. The van der Waals surface area contributed by atoms with Gasteiger partial charge in [0.15, 0.2) is 0 Å². The van der Waals surface area contributed by atoms with Gasteiger partial charge in [-0.3, -0.25) is 6.08 Å². The Balaban J connectivity index is 0.000000490. The van der Waals surface area contributed by atoms with E-state index >= 15 is 0 Å². The third-order valence-electron chi connectivity index (χ3n) is 1.20.